The summed E-state index contributed by atoms with van der Waals surface area (Å²) in [5.41, 5.74) is 2.29. The van der Waals surface area contributed by atoms with Crippen LogP contribution in [0.25, 0.3) is 0 Å². The molecule has 0 bridgehead atoms. The lowest BCUT2D eigenvalue weighted by Gasteiger charge is -2.17. The number of nitrogens with one attached hydrogen (secondary N) is 2. The Morgan fingerprint density at radius 2 is 1.67 bits per heavy atom. The number of ether oxygens (including phenoxy) is 1. The molecule has 128 valence electrons. The number of hydrogen-bond donors (Lipinski definition) is 2. The zero-order valence-corrected chi connectivity index (χ0v) is 15.8. The van der Waals surface area contributed by atoms with E-state index < -0.39 is 6.23 Å². The van der Waals surface area contributed by atoms with Crippen LogP contribution in [-0.2, 0) is 6.54 Å². The van der Waals surface area contributed by atoms with Crippen molar-refractivity contribution in [1.82, 2.24) is 10.6 Å². The summed E-state index contributed by atoms with van der Waals surface area (Å²) < 4.78 is 6.72. The van der Waals surface area contributed by atoms with Gasteiger partial charge in [0.1, 0.15) is 5.75 Å². The topological polar surface area (TPSA) is 50.4 Å². The SMILES string of the molecule is CC(NC(=O)NCc1ccc(Br)cc1)Oc1ccc(C(C)C)cc1. The van der Waals surface area contributed by atoms with E-state index >= 15 is 0 Å². The van der Waals surface area contributed by atoms with Crippen molar-refractivity contribution >= 4 is 22.0 Å². The minimum Gasteiger partial charge on any atom is -0.471 e. The summed E-state index contributed by atoms with van der Waals surface area (Å²) in [6, 6.07) is 15.5. The lowest BCUT2D eigenvalue weighted by Crippen LogP contribution is -2.43. The molecule has 0 heterocycles. The first kappa shape index (κ1) is 18.3. The fraction of sp³-hybridized carbons (Fsp3) is 0.316. The molecule has 5 heteroatoms. The number of rotatable bonds is 6. The maximum Gasteiger partial charge on any atom is 0.317 e. The largest absolute Gasteiger partial charge is 0.471 e. The number of carbonyl (C=O) groups excluding carboxylic acids is 1. The lowest BCUT2D eigenvalue weighted by molar-refractivity contribution is 0.177. The van der Waals surface area contributed by atoms with Crippen LogP contribution < -0.4 is 15.4 Å². The second-order valence-corrected chi connectivity index (χ2v) is 6.85. The van der Waals surface area contributed by atoms with E-state index in [0.717, 1.165) is 15.8 Å². The average molecular weight is 391 g/mol. The Kier molecular flexibility index (Phi) is 6.67. The summed E-state index contributed by atoms with van der Waals surface area (Å²) in [6.45, 7) is 6.57. The monoisotopic (exact) mass is 390 g/mol. The highest BCUT2D eigenvalue weighted by atomic mass is 79.9. The van der Waals surface area contributed by atoms with Gasteiger partial charge >= 0.3 is 6.03 Å². The molecule has 2 aromatic carbocycles. The molecule has 2 N–H and O–H groups in total. The normalized spacial score (nSPS) is 11.9. The summed E-state index contributed by atoms with van der Waals surface area (Å²) in [7, 11) is 0. The molecule has 1 unspecified atom stereocenters. The van der Waals surface area contributed by atoms with E-state index in [0.29, 0.717) is 12.5 Å². The van der Waals surface area contributed by atoms with E-state index in [9.17, 15) is 4.79 Å². The highest BCUT2D eigenvalue weighted by Crippen LogP contribution is 2.19. The van der Waals surface area contributed by atoms with Crippen LogP contribution in [0, 0.1) is 0 Å². The first-order chi connectivity index (χ1) is 11.4. The van der Waals surface area contributed by atoms with Gasteiger partial charge in [-0.15, -0.1) is 0 Å². The van der Waals surface area contributed by atoms with Gasteiger partial charge in [0.15, 0.2) is 6.23 Å². The zero-order valence-electron chi connectivity index (χ0n) is 14.2. The molecule has 0 aliphatic carbocycles. The lowest BCUT2D eigenvalue weighted by atomic mass is 10.0. The van der Waals surface area contributed by atoms with Crippen molar-refractivity contribution in [3.8, 4) is 5.75 Å². The van der Waals surface area contributed by atoms with Gasteiger partial charge in [-0.2, -0.15) is 0 Å². The van der Waals surface area contributed by atoms with E-state index in [1.165, 1.54) is 5.56 Å². The van der Waals surface area contributed by atoms with Crippen molar-refractivity contribution < 1.29 is 9.53 Å². The van der Waals surface area contributed by atoms with Crippen molar-refractivity contribution in [3.05, 3.63) is 64.1 Å². The Labute approximate surface area is 151 Å². The molecule has 4 nitrogen and oxygen atoms in total. The maximum absolute atomic E-state index is 11.9. The van der Waals surface area contributed by atoms with Crippen LogP contribution in [0.4, 0.5) is 4.79 Å². The molecule has 1 atom stereocenters. The maximum atomic E-state index is 11.9. The molecule has 0 saturated carbocycles. The third-order valence-electron chi connectivity index (χ3n) is 3.56. The zero-order chi connectivity index (χ0) is 17.5. The first-order valence-corrected chi connectivity index (χ1v) is 8.79. The van der Waals surface area contributed by atoms with Crippen LogP contribution in [0.1, 0.15) is 37.8 Å². The van der Waals surface area contributed by atoms with Crippen LogP contribution in [-0.4, -0.2) is 12.3 Å². The number of hydrogen-bond acceptors (Lipinski definition) is 2. The number of urea groups is 1. The third-order valence-corrected chi connectivity index (χ3v) is 4.09. The molecule has 0 fully saturated rings. The number of amides is 2. The quantitative estimate of drug-likeness (QED) is 0.696. The van der Waals surface area contributed by atoms with Gasteiger partial charge in [0.05, 0.1) is 0 Å². The van der Waals surface area contributed by atoms with Crippen LogP contribution in [0.15, 0.2) is 53.0 Å². The fourth-order valence-electron chi connectivity index (χ4n) is 2.19. The Morgan fingerprint density at radius 3 is 2.25 bits per heavy atom. The van der Waals surface area contributed by atoms with E-state index in [1.807, 2.05) is 48.5 Å². The minimum atomic E-state index is -0.417. The third kappa shape index (κ3) is 5.89. The average Bonchev–Trinajstić information content (AvgIpc) is 2.54. The molecule has 2 amide bonds. The van der Waals surface area contributed by atoms with Gasteiger partial charge in [0.25, 0.3) is 0 Å². The summed E-state index contributed by atoms with van der Waals surface area (Å²) >= 11 is 3.39. The number of carbonyl (C=O) groups is 1. The number of halogens is 1. The van der Waals surface area contributed by atoms with Gasteiger partial charge in [-0.05, 0) is 48.2 Å². The molecule has 0 aromatic heterocycles. The smallest absolute Gasteiger partial charge is 0.317 e. The van der Waals surface area contributed by atoms with Crippen molar-refractivity contribution in [3.63, 3.8) is 0 Å². The molecule has 2 rings (SSSR count). The van der Waals surface area contributed by atoms with Gasteiger partial charge in [-0.25, -0.2) is 4.79 Å². The van der Waals surface area contributed by atoms with Crippen molar-refractivity contribution in [2.45, 2.75) is 39.5 Å². The Morgan fingerprint density at radius 1 is 1.04 bits per heavy atom. The summed E-state index contributed by atoms with van der Waals surface area (Å²) in [4.78, 5) is 11.9. The Hall–Kier alpha value is -2.01. The molecule has 0 radical (unpaired) electrons. The molecule has 0 spiro atoms. The fourth-order valence-corrected chi connectivity index (χ4v) is 2.45. The standard InChI is InChI=1S/C19H23BrN2O2/c1-13(2)16-6-10-18(11-7-16)24-14(3)22-19(23)21-12-15-4-8-17(20)9-5-15/h4-11,13-14H,12H2,1-3H3,(H2,21,22,23). The highest BCUT2D eigenvalue weighted by Gasteiger charge is 2.08. The predicted octanol–water partition coefficient (Wildman–Crippen LogP) is 4.80. The Balaban J connectivity index is 1.77. The van der Waals surface area contributed by atoms with Crippen LogP contribution in [0.3, 0.4) is 0 Å². The molecular formula is C19H23BrN2O2. The predicted molar refractivity (Wildman–Crippen MR) is 100 cm³/mol. The molecule has 2 aromatic rings. The van der Waals surface area contributed by atoms with E-state index in [1.54, 1.807) is 6.92 Å². The van der Waals surface area contributed by atoms with Crippen LogP contribution in [0.2, 0.25) is 0 Å². The Bertz CT molecular complexity index is 654. The van der Waals surface area contributed by atoms with Crippen molar-refractivity contribution in [2.24, 2.45) is 0 Å². The molecule has 0 aliphatic heterocycles. The van der Waals surface area contributed by atoms with E-state index in [2.05, 4.69) is 40.4 Å². The first-order valence-electron chi connectivity index (χ1n) is 7.99. The van der Waals surface area contributed by atoms with E-state index in [-0.39, 0.29) is 6.03 Å². The van der Waals surface area contributed by atoms with Gasteiger partial charge in [0.2, 0.25) is 0 Å². The molecule has 24 heavy (non-hydrogen) atoms. The molecular weight excluding hydrogens is 368 g/mol. The van der Waals surface area contributed by atoms with Crippen molar-refractivity contribution in [1.29, 1.82) is 0 Å². The van der Waals surface area contributed by atoms with Crippen LogP contribution in [0.5, 0.6) is 5.75 Å². The van der Waals surface area contributed by atoms with Gasteiger partial charge in [0, 0.05) is 11.0 Å². The van der Waals surface area contributed by atoms with E-state index in [4.69, 9.17) is 4.74 Å². The summed E-state index contributed by atoms with van der Waals surface area (Å²) in [6.07, 6.45) is -0.417. The number of benzene rings is 2. The van der Waals surface area contributed by atoms with Gasteiger partial charge in [-0.3, -0.25) is 0 Å². The summed E-state index contributed by atoms with van der Waals surface area (Å²) in [5.74, 6) is 1.22. The van der Waals surface area contributed by atoms with Gasteiger partial charge in [-0.1, -0.05) is 54.0 Å². The highest BCUT2D eigenvalue weighted by molar-refractivity contribution is 9.10. The van der Waals surface area contributed by atoms with Crippen LogP contribution >= 0.6 is 15.9 Å². The van der Waals surface area contributed by atoms with Gasteiger partial charge < -0.3 is 15.4 Å². The second-order valence-electron chi connectivity index (χ2n) is 5.94. The second kappa shape index (κ2) is 8.73. The molecule has 0 aliphatic rings. The minimum absolute atomic E-state index is 0.260. The van der Waals surface area contributed by atoms with Crippen molar-refractivity contribution in [2.75, 3.05) is 0 Å². The summed E-state index contributed by atoms with van der Waals surface area (Å²) in [5, 5.41) is 5.58. The molecule has 0 saturated heterocycles.